The number of carbonyl (C=O) groups excluding carboxylic acids is 1. The summed E-state index contributed by atoms with van der Waals surface area (Å²) in [6.45, 7) is 0.436. The van der Waals surface area contributed by atoms with Crippen molar-refractivity contribution < 1.29 is 29.3 Å². The van der Waals surface area contributed by atoms with Gasteiger partial charge in [0.1, 0.15) is 0 Å². The molecule has 8 nitrogen and oxygen atoms in total. The molecule has 0 aliphatic carbocycles. The number of carboxylic acids is 2. The molecule has 3 N–H and O–H groups in total. The summed E-state index contributed by atoms with van der Waals surface area (Å²) in [6.07, 6.45) is -0.814. The molecule has 0 radical (unpaired) electrons. The van der Waals surface area contributed by atoms with E-state index in [0.29, 0.717) is 29.9 Å². The van der Waals surface area contributed by atoms with Crippen molar-refractivity contribution in [2.75, 3.05) is 23.3 Å². The van der Waals surface area contributed by atoms with Crippen LogP contribution < -0.4 is 15.0 Å². The smallest absolute Gasteiger partial charge is 0.346 e. The van der Waals surface area contributed by atoms with E-state index >= 15 is 0 Å². The van der Waals surface area contributed by atoms with E-state index in [9.17, 15) is 19.5 Å². The third kappa shape index (κ3) is 5.17. The van der Waals surface area contributed by atoms with E-state index in [-0.39, 0.29) is 24.6 Å². The standard InChI is InChI=1S/C26H24N2O6/c29-23(30)10-5-15-28-16-22(26(32)33)34-24-20(8-4-9-21(24)28)27-25(31)19-13-11-18(12-14-19)17-6-2-1-3-7-17/h1-4,6-9,11-14,22H,5,10,15-16H2,(H,27,31)(H,29,30)(H,32,33). The van der Waals surface area contributed by atoms with E-state index in [2.05, 4.69) is 5.32 Å². The molecule has 1 heterocycles. The number of nitrogens with zero attached hydrogens (tertiary/aromatic N) is 1. The second kappa shape index (κ2) is 10.1. The van der Waals surface area contributed by atoms with Crippen LogP contribution in [0.2, 0.25) is 0 Å². The lowest BCUT2D eigenvalue weighted by atomic mass is 10.0. The molecular formula is C26H24N2O6. The molecular weight excluding hydrogens is 436 g/mol. The van der Waals surface area contributed by atoms with E-state index < -0.39 is 18.0 Å². The normalized spacial score (nSPS) is 14.6. The first-order chi connectivity index (χ1) is 16.4. The van der Waals surface area contributed by atoms with Crippen LogP contribution in [0.15, 0.2) is 72.8 Å². The zero-order valence-corrected chi connectivity index (χ0v) is 18.3. The number of nitrogens with one attached hydrogen (secondary N) is 1. The lowest BCUT2D eigenvalue weighted by molar-refractivity contribution is -0.145. The summed E-state index contributed by atoms with van der Waals surface area (Å²) in [5.74, 6) is -2.15. The van der Waals surface area contributed by atoms with Crippen LogP contribution in [0.4, 0.5) is 11.4 Å². The average Bonchev–Trinajstić information content (AvgIpc) is 2.84. The summed E-state index contributed by atoms with van der Waals surface area (Å²) in [5, 5.41) is 21.3. The molecule has 1 atom stereocenters. The number of amides is 1. The van der Waals surface area contributed by atoms with Gasteiger partial charge >= 0.3 is 11.9 Å². The summed E-state index contributed by atoms with van der Waals surface area (Å²) >= 11 is 0. The van der Waals surface area contributed by atoms with Crippen LogP contribution in [-0.2, 0) is 9.59 Å². The van der Waals surface area contributed by atoms with Gasteiger partial charge in [0, 0.05) is 18.5 Å². The first-order valence-electron chi connectivity index (χ1n) is 10.9. The highest BCUT2D eigenvalue weighted by Crippen LogP contribution is 2.40. The number of para-hydroxylation sites is 1. The van der Waals surface area contributed by atoms with Gasteiger partial charge in [0.2, 0.25) is 6.10 Å². The molecule has 3 aromatic carbocycles. The largest absolute Gasteiger partial charge is 0.481 e. The Morgan fingerprint density at radius 1 is 0.912 bits per heavy atom. The molecule has 3 aromatic rings. The van der Waals surface area contributed by atoms with Gasteiger partial charge in [0.05, 0.1) is 17.9 Å². The van der Waals surface area contributed by atoms with Gasteiger partial charge < -0.3 is 25.2 Å². The average molecular weight is 460 g/mol. The van der Waals surface area contributed by atoms with Crippen LogP contribution in [-0.4, -0.2) is 47.3 Å². The number of anilines is 2. The number of carbonyl (C=O) groups is 3. The summed E-state index contributed by atoms with van der Waals surface area (Å²) in [4.78, 5) is 37.3. The summed E-state index contributed by atoms with van der Waals surface area (Å²) < 4.78 is 5.72. The third-order valence-electron chi connectivity index (χ3n) is 5.58. The summed E-state index contributed by atoms with van der Waals surface area (Å²) in [6, 6.07) is 22.2. The van der Waals surface area contributed by atoms with Crippen molar-refractivity contribution >= 4 is 29.2 Å². The van der Waals surface area contributed by atoms with Gasteiger partial charge in [0.15, 0.2) is 5.75 Å². The number of carboxylic acid groups (broad SMARTS) is 2. The number of hydrogen-bond acceptors (Lipinski definition) is 5. The first-order valence-corrected chi connectivity index (χ1v) is 10.9. The third-order valence-corrected chi connectivity index (χ3v) is 5.58. The lowest BCUT2D eigenvalue weighted by Gasteiger charge is -2.35. The Kier molecular flexibility index (Phi) is 6.77. The number of rotatable bonds is 8. The fraction of sp³-hybridized carbons (Fsp3) is 0.192. The molecule has 0 saturated heterocycles. The highest BCUT2D eigenvalue weighted by Gasteiger charge is 2.32. The Balaban J connectivity index is 1.55. The Morgan fingerprint density at radius 2 is 1.62 bits per heavy atom. The Morgan fingerprint density at radius 3 is 2.29 bits per heavy atom. The Labute approximate surface area is 196 Å². The highest BCUT2D eigenvalue weighted by molar-refractivity contribution is 6.06. The van der Waals surface area contributed by atoms with Crippen molar-refractivity contribution in [3.8, 4) is 16.9 Å². The van der Waals surface area contributed by atoms with Crippen LogP contribution in [0, 0.1) is 0 Å². The molecule has 8 heteroatoms. The molecule has 1 amide bonds. The van der Waals surface area contributed by atoms with Crippen molar-refractivity contribution in [1.29, 1.82) is 0 Å². The highest BCUT2D eigenvalue weighted by atomic mass is 16.5. The molecule has 0 saturated carbocycles. The molecule has 0 bridgehead atoms. The topological polar surface area (TPSA) is 116 Å². The van der Waals surface area contributed by atoms with Gasteiger partial charge in [-0.3, -0.25) is 9.59 Å². The monoisotopic (exact) mass is 460 g/mol. The summed E-state index contributed by atoms with van der Waals surface area (Å²) in [7, 11) is 0. The van der Waals surface area contributed by atoms with Gasteiger partial charge in [-0.05, 0) is 41.8 Å². The minimum atomic E-state index is -1.14. The summed E-state index contributed by atoms with van der Waals surface area (Å²) in [5.41, 5.74) is 3.44. The minimum absolute atomic E-state index is 0.0279. The number of hydrogen-bond donors (Lipinski definition) is 3. The number of ether oxygens (including phenoxy) is 1. The van der Waals surface area contributed by atoms with Crippen molar-refractivity contribution in [2.24, 2.45) is 0 Å². The van der Waals surface area contributed by atoms with Crippen LogP contribution in [0.5, 0.6) is 5.75 Å². The van der Waals surface area contributed by atoms with Gasteiger partial charge in [-0.2, -0.15) is 0 Å². The molecule has 1 aliphatic rings. The minimum Gasteiger partial charge on any atom is -0.481 e. The molecule has 4 rings (SSSR count). The second-order valence-electron chi connectivity index (χ2n) is 7.94. The molecule has 1 aliphatic heterocycles. The molecule has 34 heavy (non-hydrogen) atoms. The van der Waals surface area contributed by atoms with Crippen LogP contribution in [0.25, 0.3) is 11.1 Å². The van der Waals surface area contributed by atoms with Gasteiger partial charge in [-0.15, -0.1) is 0 Å². The van der Waals surface area contributed by atoms with Crippen LogP contribution >= 0.6 is 0 Å². The van der Waals surface area contributed by atoms with Crippen molar-refractivity contribution in [3.05, 3.63) is 78.4 Å². The molecule has 0 aromatic heterocycles. The maximum absolute atomic E-state index is 12.9. The first kappa shape index (κ1) is 22.8. The second-order valence-corrected chi connectivity index (χ2v) is 7.94. The Bertz CT molecular complexity index is 1190. The van der Waals surface area contributed by atoms with E-state index in [0.717, 1.165) is 11.1 Å². The fourth-order valence-electron chi connectivity index (χ4n) is 3.87. The van der Waals surface area contributed by atoms with Crippen molar-refractivity contribution in [3.63, 3.8) is 0 Å². The van der Waals surface area contributed by atoms with Gasteiger partial charge in [-0.25, -0.2) is 4.79 Å². The van der Waals surface area contributed by atoms with Crippen LogP contribution in [0.3, 0.4) is 0 Å². The quantitative estimate of drug-likeness (QED) is 0.463. The van der Waals surface area contributed by atoms with Crippen molar-refractivity contribution in [1.82, 2.24) is 0 Å². The predicted molar refractivity (Wildman–Crippen MR) is 127 cm³/mol. The van der Waals surface area contributed by atoms with E-state index in [1.807, 2.05) is 42.5 Å². The van der Waals surface area contributed by atoms with E-state index in [1.165, 1.54) is 0 Å². The van der Waals surface area contributed by atoms with E-state index in [4.69, 9.17) is 9.84 Å². The predicted octanol–water partition coefficient (Wildman–Crippen LogP) is 4.12. The zero-order valence-electron chi connectivity index (χ0n) is 18.3. The maximum atomic E-state index is 12.9. The molecule has 0 fully saturated rings. The molecule has 1 unspecified atom stereocenters. The number of fused-ring (bicyclic) bond motifs is 1. The number of aliphatic carboxylic acids is 2. The fourth-order valence-corrected chi connectivity index (χ4v) is 3.87. The lowest BCUT2D eigenvalue weighted by Crippen LogP contribution is -2.45. The van der Waals surface area contributed by atoms with Crippen molar-refractivity contribution in [2.45, 2.75) is 18.9 Å². The SMILES string of the molecule is O=C(O)CCCN1CC(C(=O)O)Oc2c(NC(=O)c3ccc(-c4ccccc4)cc3)cccc21. The van der Waals surface area contributed by atoms with Gasteiger partial charge in [0.25, 0.3) is 5.91 Å². The maximum Gasteiger partial charge on any atom is 0.346 e. The van der Waals surface area contributed by atoms with Gasteiger partial charge in [-0.1, -0.05) is 48.5 Å². The van der Waals surface area contributed by atoms with Crippen LogP contribution in [0.1, 0.15) is 23.2 Å². The molecule has 0 spiro atoms. The zero-order chi connectivity index (χ0) is 24.1. The Hall–Kier alpha value is -4.33. The molecule has 174 valence electrons. The van der Waals surface area contributed by atoms with E-state index in [1.54, 1.807) is 35.2 Å². The number of benzene rings is 3.